The molecular weight excluding hydrogens is 369 g/mol. The quantitative estimate of drug-likeness (QED) is 0.508. The fourth-order valence-electron chi connectivity index (χ4n) is 2.57. The molecule has 136 valence electrons. The molecule has 0 saturated carbocycles. The zero-order chi connectivity index (χ0) is 18.6. The number of benzene rings is 2. The lowest BCUT2D eigenvalue weighted by Crippen LogP contribution is -2.05. The van der Waals surface area contributed by atoms with Crippen LogP contribution < -0.4 is 10.3 Å². The van der Waals surface area contributed by atoms with E-state index < -0.39 is 0 Å². The van der Waals surface area contributed by atoms with Crippen LogP contribution in [-0.4, -0.2) is 15.2 Å². The zero-order valence-corrected chi connectivity index (χ0v) is 14.8. The fourth-order valence-corrected chi connectivity index (χ4v) is 3.34. The summed E-state index contributed by atoms with van der Waals surface area (Å²) in [5, 5.41) is 9.28. The first kappa shape index (κ1) is 17.3. The molecule has 27 heavy (non-hydrogen) atoms. The van der Waals surface area contributed by atoms with Gasteiger partial charge in [-0.2, -0.15) is 0 Å². The highest BCUT2D eigenvalue weighted by Crippen LogP contribution is 2.25. The van der Waals surface area contributed by atoms with Crippen molar-refractivity contribution in [3.05, 3.63) is 82.2 Å². The van der Waals surface area contributed by atoms with E-state index in [1.54, 1.807) is 6.07 Å². The molecule has 1 N–H and O–H groups in total. The number of hydrogen-bond donors (Lipinski definition) is 1. The predicted molar refractivity (Wildman–Crippen MR) is 99.2 cm³/mol. The van der Waals surface area contributed by atoms with E-state index in [0.29, 0.717) is 22.6 Å². The van der Waals surface area contributed by atoms with Gasteiger partial charge in [0, 0.05) is 22.7 Å². The first-order valence-electron chi connectivity index (χ1n) is 8.12. The molecular formula is C19H14FN3O3S. The summed E-state index contributed by atoms with van der Waals surface area (Å²) in [5.74, 6) is 1.02. The number of aromatic amines is 1. The second kappa shape index (κ2) is 7.63. The number of hydrogen-bond acceptors (Lipinski definition) is 6. The number of fused-ring (bicyclic) bond motifs is 1. The van der Waals surface area contributed by atoms with Gasteiger partial charge in [-0.15, -0.1) is 10.2 Å². The molecule has 4 aromatic rings. The normalized spacial score (nSPS) is 11.0. The van der Waals surface area contributed by atoms with Gasteiger partial charge in [0.2, 0.25) is 5.56 Å². The van der Waals surface area contributed by atoms with Crippen molar-refractivity contribution in [1.82, 2.24) is 15.2 Å². The van der Waals surface area contributed by atoms with E-state index in [1.807, 2.05) is 24.3 Å². The molecule has 0 spiro atoms. The lowest BCUT2D eigenvalue weighted by Gasteiger charge is -2.04. The molecule has 0 aliphatic heterocycles. The van der Waals surface area contributed by atoms with Gasteiger partial charge in [-0.1, -0.05) is 30.0 Å². The highest BCUT2D eigenvalue weighted by Gasteiger charge is 2.10. The Morgan fingerprint density at radius 3 is 2.78 bits per heavy atom. The molecule has 6 nitrogen and oxygen atoms in total. The van der Waals surface area contributed by atoms with Gasteiger partial charge in [0.1, 0.15) is 11.6 Å². The number of rotatable bonds is 6. The van der Waals surface area contributed by atoms with E-state index in [4.69, 9.17) is 9.15 Å². The average Bonchev–Trinajstić information content (AvgIpc) is 3.13. The van der Waals surface area contributed by atoms with E-state index in [-0.39, 0.29) is 18.0 Å². The molecule has 0 radical (unpaired) electrons. The summed E-state index contributed by atoms with van der Waals surface area (Å²) >= 11 is 1.34. The molecule has 0 atom stereocenters. The lowest BCUT2D eigenvalue weighted by atomic mass is 10.1. The third-order valence-electron chi connectivity index (χ3n) is 3.81. The van der Waals surface area contributed by atoms with Crippen molar-refractivity contribution in [3.63, 3.8) is 0 Å². The largest absolute Gasteiger partial charge is 0.484 e. The van der Waals surface area contributed by atoms with Gasteiger partial charge in [-0.3, -0.25) is 4.79 Å². The third-order valence-corrected chi connectivity index (χ3v) is 4.68. The lowest BCUT2D eigenvalue weighted by molar-refractivity contribution is 0.252. The van der Waals surface area contributed by atoms with Gasteiger partial charge in [-0.25, -0.2) is 4.39 Å². The fraction of sp³-hybridized carbons (Fsp3) is 0.105. The molecule has 2 aromatic heterocycles. The minimum atomic E-state index is -0.328. The Kier molecular flexibility index (Phi) is 4.88. The summed E-state index contributed by atoms with van der Waals surface area (Å²) < 4.78 is 23.9. The highest BCUT2D eigenvalue weighted by molar-refractivity contribution is 7.98. The molecule has 8 heteroatoms. The van der Waals surface area contributed by atoms with Crippen LogP contribution in [0.25, 0.3) is 10.9 Å². The first-order valence-corrected chi connectivity index (χ1v) is 9.10. The summed E-state index contributed by atoms with van der Waals surface area (Å²) in [5.41, 5.74) is 1.53. The number of ether oxygens (including phenoxy) is 1. The zero-order valence-electron chi connectivity index (χ0n) is 14.0. The Balaban J connectivity index is 1.41. The van der Waals surface area contributed by atoms with Crippen LogP contribution in [0.5, 0.6) is 5.75 Å². The maximum Gasteiger partial charge on any atom is 0.277 e. The molecule has 0 aliphatic carbocycles. The number of halogens is 1. The van der Waals surface area contributed by atoms with E-state index >= 15 is 0 Å². The molecule has 0 bridgehead atoms. The van der Waals surface area contributed by atoms with Crippen molar-refractivity contribution >= 4 is 22.7 Å². The minimum absolute atomic E-state index is 0.0904. The molecule has 4 rings (SSSR count). The molecule has 2 aromatic carbocycles. The monoisotopic (exact) mass is 383 g/mol. The highest BCUT2D eigenvalue weighted by atomic mass is 32.2. The number of H-pyrrole nitrogens is 1. The summed E-state index contributed by atoms with van der Waals surface area (Å²) in [6.45, 7) is 0.0904. The number of thioether (sulfide) groups is 1. The van der Waals surface area contributed by atoms with Crippen molar-refractivity contribution in [2.75, 3.05) is 0 Å². The second-order valence-corrected chi connectivity index (χ2v) is 6.62. The maximum absolute atomic E-state index is 12.9. The Hall–Kier alpha value is -3.13. The van der Waals surface area contributed by atoms with Gasteiger partial charge in [0.15, 0.2) is 6.61 Å². The van der Waals surface area contributed by atoms with E-state index in [1.165, 1.54) is 36.0 Å². The van der Waals surface area contributed by atoms with Crippen molar-refractivity contribution in [2.24, 2.45) is 0 Å². The van der Waals surface area contributed by atoms with Crippen LogP contribution in [0.4, 0.5) is 4.39 Å². The van der Waals surface area contributed by atoms with Gasteiger partial charge in [-0.05, 0) is 35.9 Å². The smallest absolute Gasteiger partial charge is 0.277 e. The van der Waals surface area contributed by atoms with Crippen molar-refractivity contribution in [2.45, 2.75) is 17.6 Å². The SMILES string of the molecule is O=c1cc(CSc2nnc(COc3ccc(F)cc3)o2)c2ccccc2[nH]1. The standard InChI is InChI=1S/C19H14FN3O3S/c20-13-5-7-14(8-6-13)25-10-18-22-23-19(26-18)27-11-12-9-17(24)21-16-4-2-1-3-15(12)16/h1-9H,10-11H2,(H,21,24). The minimum Gasteiger partial charge on any atom is -0.484 e. The first-order chi connectivity index (χ1) is 13.2. The Labute approximate surface area is 157 Å². The summed E-state index contributed by atoms with van der Waals surface area (Å²) in [6, 6.07) is 14.9. The maximum atomic E-state index is 12.9. The van der Waals surface area contributed by atoms with Crippen LogP contribution in [0, 0.1) is 5.82 Å². The molecule has 2 heterocycles. The van der Waals surface area contributed by atoms with E-state index in [9.17, 15) is 9.18 Å². The third kappa shape index (κ3) is 4.17. The molecule has 0 fully saturated rings. The van der Waals surface area contributed by atoms with Crippen molar-refractivity contribution in [3.8, 4) is 5.75 Å². The molecule has 0 unspecified atom stereocenters. The topological polar surface area (TPSA) is 81.0 Å². The Morgan fingerprint density at radius 2 is 1.93 bits per heavy atom. The van der Waals surface area contributed by atoms with Gasteiger partial charge < -0.3 is 14.1 Å². The summed E-state index contributed by atoms with van der Waals surface area (Å²) in [7, 11) is 0. The Morgan fingerprint density at radius 1 is 1.11 bits per heavy atom. The van der Waals surface area contributed by atoms with Gasteiger partial charge in [0.25, 0.3) is 11.1 Å². The molecule has 0 amide bonds. The predicted octanol–water partition coefficient (Wildman–Crippen LogP) is 3.92. The Bertz CT molecular complexity index is 1120. The molecule has 0 saturated heterocycles. The number of nitrogens with zero attached hydrogens (tertiary/aromatic N) is 2. The van der Waals surface area contributed by atoms with Crippen LogP contribution in [0.2, 0.25) is 0 Å². The van der Waals surface area contributed by atoms with Crippen molar-refractivity contribution in [1.29, 1.82) is 0 Å². The number of para-hydroxylation sites is 1. The second-order valence-electron chi connectivity index (χ2n) is 5.70. The van der Waals surface area contributed by atoms with Crippen LogP contribution >= 0.6 is 11.8 Å². The average molecular weight is 383 g/mol. The van der Waals surface area contributed by atoms with Crippen LogP contribution in [0.15, 0.2) is 69.0 Å². The number of pyridine rings is 1. The molecule has 0 aliphatic rings. The van der Waals surface area contributed by atoms with Crippen LogP contribution in [-0.2, 0) is 12.4 Å². The number of aromatic nitrogens is 3. The van der Waals surface area contributed by atoms with Crippen LogP contribution in [0.1, 0.15) is 11.5 Å². The van der Waals surface area contributed by atoms with Crippen molar-refractivity contribution < 1.29 is 13.5 Å². The summed E-state index contributed by atoms with van der Waals surface area (Å²) in [4.78, 5) is 14.6. The van der Waals surface area contributed by atoms with E-state index in [2.05, 4.69) is 15.2 Å². The van der Waals surface area contributed by atoms with Crippen LogP contribution in [0.3, 0.4) is 0 Å². The van der Waals surface area contributed by atoms with Gasteiger partial charge in [0.05, 0.1) is 0 Å². The van der Waals surface area contributed by atoms with Gasteiger partial charge >= 0.3 is 0 Å². The summed E-state index contributed by atoms with van der Waals surface area (Å²) in [6.07, 6.45) is 0. The number of nitrogens with one attached hydrogen (secondary N) is 1. The van der Waals surface area contributed by atoms with E-state index in [0.717, 1.165) is 16.5 Å².